The van der Waals surface area contributed by atoms with Crippen LogP contribution in [0.1, 0.15) is 28.9 Å². The number of amides is 2. The topological polar surface area (TPSA) is 165 Å². The van der Waals surface area contributed by atoms with Crippen molar-refractivity contribution >= 4 is 41.0 Å². The number of rotatable bonds is 10. The number of carboxylic acid groups (broad SMARTS) is 1. The monoisotopic (exact) mass is 514 g/mol. The Labute approximate surface area is 201 Å². The number of hydrazine groups is 1. The van der Waals surface area contributed by atoms with Gasteiger partial charge in [0.25, 0.3) is 5.91 Å². The number of ether oxygens (including phenoxy) is 1. The molecule has 1 atom stereocenters. The smallest absolute Gasteiger partial charge is 0.475 e. The number of aliphatic carboxylic acids is 1. The number of nitrogen functional groups attached to an aromatic ring is 1. The van der Waals surface area contributed by atoms with E-state index in [1.807, 2.05) is 0 Å². The number of nitrogens with zero attached hydrogens (tertiary/aromatic N) is 1. The molecule has 0 unspecified atom stereocenters. The molecule has 14 heteroatoms. The third-order valence-corrected chi connectivity index (χ3v) is 5.42. The van der Waals surface area contributed by atoms with Gasteiger partial charge in [0.15, 0.2) is 0 Å². The largest absolute Gasteiger partial charge is 0.573 e. The average molecular weight is 514 g/mol. The Hall–Kier alpha value is -3.78. The van der Waals surface area contributed by atoms with Gasteiger partial charge in [-0.15, -0.1) is 24.9 Å². The maximum absolute atomic E-state index is 12.6. The predicted octanol–water partition coefficient (Wildman–Crippen LogP) is 2.11. The summed E-state index contributed by atoms with van der Waals surface area (Å²) >= 11 is 0.924. The molecule has 2 amide bonds. The molecule has 188 valence electrons. The summed E-state index contributed by atoms with van der Waals surface area (Å²) in [6.45, 7) is 1.05. The van der Waals surface area contributed by atoms with Crippen LogP contribution in [0.25, 0.3) is 0 Å². The summed E-state index contributed by atoms with van der Waals surface area (Å²) in [7, 11) is 0. The molecule has 2 aromatic carbocycles. The maximum atomic E-state index is 12.6. The van der Waals surface area contributed by atoms with Gasteiger partial charge in [0.1, 0.15) is 12.3 Å². The van der Waals surface area contributed by atoms with Crippen molar-refractivity contribution in [1.29, 1.82) is 0 Å². The fourth-order valence-electron chi connectivity index (χ4n) is 2.75. The highest BCUT2D eigenvalue weighted by atomic mass is 32.2. The molecular formula is C21H21F3N4O6S. The number of ketones is 1. The summed E-state index contributed by atoms with van der Waals surface area (Å²) in [6, 6.07) is 8.44. The van der Waals surface area contributed by atoms with E-state index >= 15 is 0 Å². The number of halogens is 3. The normalized spacial score (nSPS) is 11.9. The number of thioether (sulfide) groups is 1. The van der Waals surface area contributed by atoms with Crippen LogP contribution in [0.5, 0.6) is 5.75 Å². The molecule has 10 nitrogen and oxygen atoms in total. The average Bonchev–Trinajstić information content (AvgIpc) is 2.76. The van der Waals surface area contributed by atoms with Gasteiger partial charge < -0.3 is 20.9 Å². The zero-order valence-corrected chi connectivity index (χ0v) is 19.0. The standard InChI is InChI=1S/C21H21F3N4O6S/c1-11(12-2-4-13(5-3-12)34-21(22,23)24)27-18(30)9-28(26)19(31)15-7-6-14(8-16(15)25)35-10-17(29)20(32)33/h2-8,11H,9-10,25-26H2,1H3,(H,27,30)(H,32,33)/t11-/m0/s1. The zero-order chi connectivity index (χ0) is 26.3. The molecule has 0 aromatic heterocycles. The van der Waals surface area contributed by atoms with E-state index in [2.05, 4.69) is 10.1 Å². The molecule has 0 radical (unpaired) electrons. The van der Waals surface area contributed by atoms with E-state index in [-0.39, 0.29) is 17.0 Å². The Bertz CT molecular complexity index is 1110. The first-order valence-corrected chi connectivity index (χ1v) is 10.8. The first-order valence-electron chi connectivity index (χ1n) is 9.77. The Morgan fingerprint density at radius 3 is 2.31 bits per heavy atom. The van der Waals surface area contributed by atoms with E-state index in [0.29, 0.717) is 15.5 Å². The third kappa shape index (κ3) is 8.50. The highest BCUT2D eigenvalue weighted by Gasteiger charge is 2.31. The van der Waals surface area contributed by atoms with Gasteiger partial charge in [0.05, 0.1) is 17.4 Å². The van der Waals surface area contributed by atoms with Crippen LogP contribution in [0.15, 0.2) is 47.4 Å². The van der Waals surface area contributed by atoms with Crippen LogP contribution in [0.4, 0.5) is 18.9 Å². The van der Waals surface area contributed by atoms with E-state index < -0.39 is 48.3 Å². The van der Waals surface area contributed by atoms with Gasteiger partial charge in [0.2, 0.25) is 11.7 Å². The van der Waals surface area contributed by atoms with E-state index in [0.717, 1.165) is 23.9 Å². The summed E-state index contributed by atoms with van der Waals surface area (Å²) in [5.74, 6) is 1.03. The fraction of sp³-hybridized carbons (Fsp3) is 0.238. The molecule has 0 saturated carbocycles. The molecule has 0 bridgehead atoms. The van der Waals surface area contributed by atoms with Gasteiger partial charge in [0, 0.05) is 10.6 Å². The first-order chi connectivity index (χ1) is 16.3. The quantitative estimate of drug-likeness (QED) is 0.0928. The van der Waals surface area contributed by atoms with Crippen LogP contribution in [0, 0.1) is 0 Å². The van der Waals surface area contributed by atoms with Gasteiger partial charge in [-0.05, 0) is 42.8 Å². The van der Waals surface area contributed by atoms with Crippen molar-refractivity contribution in [1.82, 2.24) is 10.3 Å². The van der Waals surface area contributed by atoms with Crippen LogP contribution < -0.4 is 21.6 Å². The lowest BCUT2D eigenvalue weighted by Crippen LogP contribution is -2.45. The van der Waals surface area contributed by atoms with Crippen molar-refractivity contribution in [2.75, 3.05) is 18.0 Å². The highest BCUT2D eigenvalue weighted by Crippen LogP contribution is 2.25. The molecule has 2 aromatic rings. The van der Waals surface area contributed by atoms with Crippen molar-refractivity contribution in [3.05, 3.63) is 53.6 Å². The van der Waals surface area contributed by atoms with Gasteiger partial charge in [-0.1, -0.05) is 12.1 Å². The molecule has 0 aliphatic heterocycles. The molecule has 0 aliphatic carbocycles. The van der Waals surface area contributed by atoms with Crippen molar-refractivity contribution in [2.24, 2.45) is 5.84 Å². The van der Waals surface area contributed by atoms with E-state index in [4.69, 9.17) is 16.7 Å². The van der Waals surface area contributed by atoms with Crippen LogP contribution in [-0.2, 0) is 14.4 Å². The Morgan fingerprint density at radius 2 is 1.77 bits per heavy atom. The maximum Gasteiger partial charge on any atom is 0.573 e. The van der Waals surface area contributed by atoms with Crippen LogP contribution in [0.3, 0.4) is 0 Å². The minimum Gasteiger partial charge on any atom is -0.475 e. The minimum absolute atomic E-state index is 0.00756. The molecule has 0 aliphatic rings. The number of nitrogens with two attached hydrogens (primary N) is 2. The molecule has 35 heavy (non-hydrogen) atoms. The van der Waals surface area contributed by atoms with Crippen LogP contribution in [-0.4, -0.2) is 52.3 Å². The van der Waals surface area contributed by atoms with Crippen LogP contribution in [0.2, 0.25) is 0 Å². The van der Waals surface area contributed by atoms with Crippen molar-refractivity contribution in [2.45, 2.75) is 24.2 Å². The number of carbonyl (C=O) groups excluding carboxylic acids is 3. The number of benzene rings is 2. The number of alkyl halides is 3. The van der Waals surface area contributed by atoms with Gasteiger partial charge in [-0.2, -0.15) is 0 Å². The lowest BCUT2D eigenvalue weighted by atomic mass is 10.1. The molecule has 0 heterocycles. The second-order valence-corrected chi connectivity index (χ2v) is 8.15. The third-order valence-electron chi connectivity index (χ3n) is 4.43. The lowest BCUT2D eigenvalue weighted by Gasteiger charge is -2.20. The van der Waals surface area contributed by atoms with Gasteiger partial charge in [-0.3, -0.25) is 19.4 Å². The van der Waals surface area contributed by atoms with E-state index in [9.17, 15) is 32.3 Å². The lowest BCUT2D eigenvalue weighted by molar-refractivity contribution is -0.274. The van der Waals surface area contributed by atoms with Gasteiger partial charge in [-0.25, -0.2) is 10.6 Å². The van der Waals surface area contributed by atoms with Crippen LogP contribution >= 0.6 is 11.8 Å². The number of nitrogens with one attached hydrogen (secondary N) is 1. The van der Waals surface area contributed by atoms with E-state index in [1.54, 1.807) is 6.92 Å². The molecular weight excluding hydrogens is 493 g/mol. The number of hydrogen-bond acceptors (Lipinski definition) is 8. The second-order valence-electron chi connectivity index (χ2n) is 7.11. The molecule has 0 saturated heterocycles. The van der Waals surface area contributed by atoms with Crippen molar-refractivity contribution in [3.8, 4) is 5.75 Å². The minimum atomic E-state index is -4.82. The van der Waals surface area contributed by atoms with Crippen molar-refractivity contribution < 1.29 is 42.2 Å². The first kappa shape index (κ1) is 27.5. The molecule has 0 fully saturated rings. The number of hydrogen-bond donors (Lipinski definition) is 4. The SMILES string of the molecule is C[C@H](NC(=O)CN(N)C(=O)c1ccc(SCC(=O)C(=O)O)cc1N)c1ccc(OC(F)(F)F)cc1. The molecule has 6 N–H and O–H groups in total. The number of carboxylic acids is 1. The zero-order valence-electron chi connectivity index (χ0n) is 18.2. The summed E-state index contributed by atoms with van der Waals surface area (Å²) in [5, 5.41) is 11.8. The summed E-state index contributed by atoms with van der Waals surface area (Å²) < 4.78 is 40.5. The van der Waals surface area contributed by atoms with Crippen molar-refractivity contribution in [3.63, 3.8) is 0 Å². The second kappa shape index (κ2) is 11.6. The highest BCUT2D eigenvalue weighted by molar-refractivity contribution is 8.00. The van der Waals surface area contributed by atoms with E-state index in [1.165, 1.54) is 30.3 Å². The van der Waals surface area contributed by atoms with Gasteiger partial charge >= 0.3 is 12.3 Å². The predicted molar refractivity (Wildman–Crippen MR) is 119 cm³/mol. The fourth-order valence-corrected chi connectivity index (χ4v) is 3.54. The Kier molecular flexibility index (Phi) is 9.08. The summed E-state index contributed by atoms with van der Waals surface area (Å²) in [4.78, 5) is 47.1. The summed E-state index contributed by atoms with van der Waals surface area (Å²) in [6.07, 6.45) is -4.82. The Morgan fingerprint density at radius 1 is 1.14 bits per heavy atom. The number of anilines is 1. The number of Topliss-reactive ketones (excluding diaryl/α,β-unsaturated/α-hetero) is 1. The Balaban J connectivity index is 1.93. The molecule has 0 spiro atoms. The number of carbonyl (C=O) groups is 4. The molecule has 2 rings (SSSR count). The summed E-state index contributed by atoms with van der Waals surface area (Å²) in [5.41, 5.74) is 6.35.